The summed E-state index contributed by atoms with van der Waals surface area (Å²) in [4.78, 5) is 42.1. The van der Waals surface area contributed by atoms with Crippen molar-refractivity contribution in [2.45, 2.75) is 32.2 Å². The number of fused-ring (bicyclic) bond motifs is 1. The van der Waals surface area contributed by atoms with E-state index in [9.17, 15) is 14.4 Å². The van der Waals surface area contributed by atoms with Gasteiger partial charge in [0.1, 0.15) is 0 Å². The molecule has 1 aromatic rings. The first-order valence-electron chi connectivity index (χ1n) is 8.09. The molecule has 3 aliphatic rings. The van der Waals surface area contributed by atoms with E-state index in [2.05, 4.69) is 16.3 Å². The van der Waals surface area contributed by atoms with Gasteiger partial charge in [0.05, 0.1) is 6.67 Å². The fraction of sp³-hybridized carbons (Fsp3) is 0.562. The fourth-order valence-corrected chi connectivity index (χ4v) is 4.57. The van der Waals surface area contributed by atoms with Crippen LogP contribution in [0.5, 0.6) is 0 Å². The number of hydrogen-bond donors (Lipinski definition) is 0. The highest BCUT2D eigenvalue weighted by Crippen LogP contribution is 2.48. The minimum Gasteiger partial charge on any atom is -0.278 e. The lowest BCUT2D eigenvalue weighted by Gasteiger charge is -2.37. The number of amides is 4. The first-order valence-corrected chi connectivity index (χ1v) is 8.97. The van der Waals surface area contributed by atoms with Crippen molar-refractivity contribution >= 4 is 29.2 Å². The van der Waals surface area contributed by atoms with Crippen LogP contribution in [0.1, 0.15) is 36.2 Å². The SMILES string of the molecule is CCN1C(=O)C(=O)N(CN2CCc3sccc3[C@@H]2C2CC2)C1=O. The van der Waals surface area contributed by atoms with E-state index in [1.54, 1.807) is 18.3 Å². The summed E-state index contributed by atoms with van der Waals surface area (Å²) >= 11 is 1.79. The maximum absolute atomic E-state index is 12.3. The molecule has 3 heterocycles. The van der Waals surface area contributed by atoms with Crippen LogP contribution in [0.3, 0.4) is 0 Å². The van der Waals surface area contributed by atoms with E-state index in [4.69, 9.17) is 0 Å². The Hall–Kier alpha value is -1.73. The monoisotopic (exact) mass is 333 g/mol. The number of urea groups is 1. The summed E-state index contributed by atoms with van der Waals surface area (Å²) in [5.74, 6) is -0.786. The van der Waals surface area contributed by atoms with E-state index in [0.29, 0.717) is 5.92 Å². The third kappa shape index (κ3) is 2.30. The van der Waals surface area contributed by atoms with Crippen LogP contribution in [0.15, 0.2) is 11.4 Å². The molecule has 2 fully saturated rings. The van der Waals surface area contributed by atoms with Gasteiger partial charge in [-0.1, -0.05) is 0 Å². The van der Waals surface area contributed by atoms with Crippen molar-refractivity contribution in [3.63, 3.8) is 0 Å². The normalized spacial score (nSPS) is 25.4. The molecule has 0 bridgehead atoms. The van der Waals surface area contributed by atoms with E-state index >= 15 is 0 Å². The molecule has 122 valence electrons. The van der Waals surface area contributed by atoms with Gasteiger partial charge in [-0.05, 0) is 49.1 Å². The van der Waals surface area contributed by atoms with Crippen molar-refractivity contribution in [1.29, 1.82) is 0 Å². The average molecular weight is 333 g/mol. The van der Waals surface area contributed by atoms with Gasteiger partial charge in [0.15, 0.2) is 0 Å². The Balaban J connectivity index is 1.58. The van der Waals surface area contributed by atoms with Gasteiger partial charge in [0, 0.05) is 24.0 Å². The van der Waals surface area contributed by atoms with Crippen LogP contribution >= 0.6 is 11.3 Å². The van der Waals surface area contributed by atoms with Gasteiger partial charge in [-0.25, -0.2) is 9.69 Å². The second-order valence-corrected chi connectivity index (χ2v) is 7.35. The van der Waals surface area contributed by atoms with Crippen LogP contribution < -0.4 is 0 Å². The summed E-state index contributed by atoms with van der Waals surface area (Å²) in [6.45, 7) is 2.99. The van der Waals surface area contributed by atoms with Crippen LogP contribution in [0, 0.1) is 5.92 Å². The number of rotatable bonds is 4. The highest BCUT2D eigenvalue weighted by Gasteiger charge is 2.47. The lowest BCUT2D eigenvalue weighted by Crippen LogP contribution is -2.46. The average Bonchev–Trinajstić information content (AvgIpc) is 3.23. The largest absolute Gasteiger partial charge is 0.335 e. The zero-order valence-corrected chi connectivity index (χ0v) is 13.8. The number of likely N-dealkylation sites (N-methyl/N-ethyl adjacent to an activating group) is 1. The molecule has 1 aliphatic carbocycles. The van der Waals surface area contributed by atoms with Gasteiger partial charge in [0.25, 0.3) is 0 Å². The maximum atomic E-state index is 12.3. The molecule has 1 saturated carbocycles. The Morgan fingerprint density at radius 2 is 1.91 bits per heavy atom. The minimum atomic E-state index is -0.700. The van der Waals surface area contributed by atoms with Crippen molar-refractivity contribution in [3.05, 3.63) is 21.9 Å². The third-order valence-electron chi connectivity index (χ3n) is 4.96. The van der Waals surface area contributed by atoms with Gasteiger partial charge < -0.3 is 0 Å². The fourth-order valence-electron chi connectivity index (χ4n) is 3.66. The number of nitrogens with zero attached hydrogens (tertiary/aromatic N) is 3. The summed E-state index contributed by atoms with van der Waals surface area (Å²) in [7, 11) is 0. The van der Waals surface area contributed by atoms with Crippen LogP contribution in [-0.2, 0) is 16.0 Å². The van der Waals surface area contributed by atoms with Crippen molar-refractivity contribution in [2.75, 3.05) is 19.8 Å². The summed E-state index contributed by atoms with van der Waals surface area (Å²) in [5, 5.41) is 2.12. The predicted octanol–water partition coefficient (Wildman–Crippen LogP) is 1.83. The topological polar surface area (TPSA) is 60.9 Å². The Labute approximate surface area is 138 Å². The second kappa shape index (κ2) is 5.42. The number of carbonyl (C=O) groups excluding carboxylic acids is 3. The minimum absolute atomic E-state index is 0.219. The molecule has 23 heavy (non-hydrogen) atoms. The Bertz CT molecular complexity index is 682. The first kappa shape index (κ1) is 14.8. The van der Waals surface area contributed by atoms with Gasteiger partial charge >= 0.3 is 17.8 Å². The quantitative estimate of drug-likeness (QED) is 0.623. The Morgan fingerprint density at radius 1 is 1.17 bits per heavy atom. The van der Waals surface area contributed by atoms with Crippen LogP contribution in [0.4, 0.5) is 4.79 Å². The second-order valence-electron chi connectivity index (χ2n) is 6.35. The lowest BCUT2D eigenvalue weighted by atomic mass is 9.96. The molecular formula is C16H19N3O3S. The van der Waals surface area contributed by atoms with Gasteiger partial charge in [-0.3, -0.25) is 19.4 Å². The molecule has 2 aliphatic heterocycles. The highest BCUT2D eigenvalue weighted by atomic mass is 32.1. The summed E-state index contributed by atoms with van der Waals surface area (Å²) < 4.78 is 0. The molecular weight excluding hydrogens is 314 g/mol. The maximum Gasteiger partial charge on any atom is 0.335 e. The number of hydrogen-bond acceptors (Lipinski definition) is 5. The summed E-state index contributed by atoms with van der Waals surface area (Å²) in [5.41, 5.74) is 1.35. The molecule has 1 aromatic heterocycles. The number of thiophene rings is 1. The zero-order chi connectivity index (χ0) is 16.1. The van der Waals surface area contributed by atoms with Gasteiger partial charge in [-0.2, -0.15) is 0 Å². The van der Waals surface area contributed by atoms with E-state index in [-0.39, 0.29) is 19.3 Å². The smallest absolute Gasteiger partial charge is 0.278 e. The molecule has 7 heteroatoms. The summed E-state index contributed by atoms with van der Waals surface area (Å²) in [6, 6.07) is 1.97. The molecule has 6 nitrogen and oxygen atoms in total. The van der Waals surface area contributed by atoms with E-state index < -0.39 is 17.8 Å². The molecule has 0 spiro atoms. The van der Waals surface area contributed by atoms with E-state index in [1.807, 2.05) is 0 Å². The third-order valence-corrected chi connectivity index (χ3v) is 5.96. The van der Waals surface area contributed by atoms with E-state index in [1.165, 1.54) is 23.3 Å². The molecule has 0 aromatic carbocycles. The van der Waals surface area contributed by atoms with E-state index in [0.717, 1.165) is 22.8 Å². The molecule has 4 rings (SSSR count). The molecule has 0 N–H and O–H groups in total. The molecule has 1 saturated heterocycles. The van der Waals surface area contributed by atoms with Gasteiger partial charge in [0.2, 0.25) is 0 Å². The molecule has 0 radical (unpaired) electrons. The standard InChI is InChI=1S/C16H19N3O3S/c1-2-18-14(20)15(21)19(16(18)22)9-17-7-5-12-11(6-8-23-12)13(17)10-3-4-10/h6,8,10,13H,2-5,7,9H2,1H3/t13-/m0/s1. The van der Waals surface area contributed by atoms with Crippen LogP contribution in [0.2, 0.25) is 0 Å². The highest BCUT2D eigenvalue weighted by molar-refractivity contribution is 7.10. The summed E-state index contributed by atoms with van der Waals surface area (Å²) in [6.07, 6.45) is 3.33. The van der Waals surface area contributed by atoms with Gasteiger partial charge in [-0.15, -0.1) is 11.3 Å². The predicted molar refractivity (Wildman–Crippen MR) is 84.7 cm³/mol. The first-order chi connectivity index (χ1) is 11.1. The Morgan fingerprint density at radius 3 is 2.57 bits per heavy atom. The van der Waals surface area contributed by atoms with Crippen molar-refractivity contribution in [2.24, 2.45) is 5.92 Å². The van der Waals surface area contributed by atoms with Crippen molar-refractivity contribution in [1.82, 2.24) is 14.7 Å². The lowest BCUT2D eigenvalue weighted by molar-refractivity contribution is -0.144. The van der Waals surface area contributed by atoms with Crippen molar-refractivity contribution in [3.8, 4) is 0 Å². The molecule has 0 unspecified atom stereocenters. The Kier molecular flexibility index (Phi) is 3.50. The number of carbonyl (C=O) groups is 3. The number of imide groups is 2. The van der Waals surface area contributed by atoms with Crippen molar-refractivity contribution < 1.29 is 14.4 Å². The molecule has 4 amide bonds. The molecule has 1 atom stereocenters. The zero-order valence-electron chi connectivity index (χ0n) is 13.0. The van der Waals surface area contributed by atoms with Crippen LogP contribution in [-0.4, -0.2) is 52.3 Å². The van der Waals surface area contributed by atoms with Crippen LogP contribution in [0.25, 0.3) is 0 Å².